The fraction of sp³-hybridized carbons (Fsp3) is 0.310. The minimum absolute atomic E-state index is 0.217. The Kier molecular flexibility index (Phi) is 6.34. The molecule has 10 heteroatoms. The first-order valence-corrected chi connectivity index (χ1v) is 12.9. The van der Waals surface area contributed by atoms with Crippen molar-refractivity contribution in [2.24, 2.45) is 0 Å². The van der Waals surface area contributed by atoms with Crippen LogP contribution in [0.3, 0.4) is 0 Å². The van der Waals surface area contributed by atoms with Crippen molar-refractivity contribution in [2.45, 2.75) is 18.6 Å². The van der Waals surface area contributed by atoms with Crippen molar-refractivity contribution in [3.8, 4) is 11.4 Å². The zero-order valence-electron chi connectivity index (χ0n) is 21.8. The molecule has 0 saturated carbocycles. The van der Waals surface area contributed by atoms with Gasteiger partial charge in [0.25, 0.3) is 0 Å². The number of ether oxygens (including phenoxy) is 2. The highest BCUT2D eigenvalue weighted by Crippen LogP contribution is 2.48. The van der Waals surface area contributed by atoms with Crippen LogP contribution in [-0.2, 0) is 10.3 Å². The summed E-state index contributed by atoms with van der Waals surface area (Å²) < 4.78 is 41.6. The third-order valence-corrected chi connectivity index (χ3v) is 7.79. The van der Waals surface area contributed by atoms with Gasteiger partial charge in [0, 0.05) is 49.2 Å². The van der Waals surface area contributed by atoms with Crippen molar-refractivity contribution in [2.75, 3.05) is 49.7 Å². The zero-order valence-corrected chi connectivity index (χ0v) is 21.8. The number of hydrogen-bond acceptors (Lipinski definition) is 6. The number of rotatable bonds is 7. The van der Waals surface area contributed by atoms with Gasteiger partial charge in [-0.25, -0.2) is 22.8 Å². The molecule has 0 amide bonds. The largest absolute Gasteiger partial charge is 0.497 e. The van der Waals surface area contributed by atoms with E-state index in [1.807, 2.05) is 36.4 Å². The quantitative estimate of drug-likeness (QED) is 0.333. The van der Waals surface area contributed by atoms with Crippen molar-refractivity contribution in [1.29, 1.82) is 0 Å². The molecule has 2 saturated heterocycles. The van der Waals surface area contributed by atoms with Crippen LogP contribution in [0.25, 0.3) is 5.69 Å². The third kappa shape index (κ3) is 4.54. The summed E-state index contributed by atoms with van der Waals surface area (Å²) in [5, 5.41) is 4.30. The summed E-state index contributed by atoms with van der Waals surface area (Å²) in [4.78, 5) is 18.0. The predicted octanol–water partition coefficient (Wildman–Crippen LogP) is 4.13. The first-order valence-electron chi connectivity index (χ1n) is 12.9. The Morgan fingerprint density at radius 2 is 1.46 bits per heavy atom. The molecule has 8 nitrogen and oxygen atoms in total. The van der Waals surface area contributed by atoms with Crippen LogP contribution in [0.1, 0.15) is 18.5 Å². The number of hydrogen-bond donors (Lipinski definition) is 0. The lowest BCUT2D eigenvalue weighted by atomic mass is 9.92. The standard InChI is InChI=1S/C29H29F2N5O3/c1-20(29(18-39-29)26-12-3-21(30)17-27(26)31)36-28(37)35(19-32-36)24-6-4-22(5-7-24)33-13-15-34(16-14-33)23-8-10-25(38-2)11-9-23/h3-12,17,19-20H,13-16,18H2,1-2H3/t20-,29-/m1/s1. The van der Waals surface area contributed by atoms with E-state index < -0.39 is 23.3 Å². The fourth-order valence-corrected chi connectivity index (χ4v) is 5.33. The van der Waals surface area contributed by atoms with Gasteiger partial charge in [0.2, 0.25) is 0 Å². The van der Waals surface area contributed by atoms with Gasteiger partial charge in [0.15, 0.2) is 0 Å². The van der Waals surface area contributed by atoms with Gasteiger partial charge in [-0.2, -0.15) is 5.10 Å². The molecular formula is C29H29F2N5O3. The average molecular weight is 534 g/mol. The molecule has 6 rings (SSSR count). The van der Waals surface area contributed by atoms with Crippen LogP contribution in [0.2, 0.25) is 0 Å². The highest BCUT2D eigenvalue weighted by molar-refractivity contribution is 5.54. The maximum Gasteiger partial charge on any atom is 0.350 e. The van der Waals surface area contributed by atoms with Gasteiger partial charge >= 0.3 is 5.69 Å². The van der Waals surface area contributed by atoms with E-state index in [0.717, 1.165) is 43.7 Å². The van der Waals surface area contributed by atoms with E-state index in [2.05, 4.69) is 27.0 Å². The molecule has 4 aromatic rings. The number of epoxide rings is 1. The molecule has 2 atom stereocenters. The highest BCUT2D eigenvalue weighted by atomic mass is 19.1. The summed E-state index contributed by atoms with van der Waals surface area (Å²) in [6.07, 6.45) is 1.46. The highest BCUT2D eigenvalue weighted by Gasteiger charge is 2.54. The Bertz CT molecular complexity index is 1520. The lowest BCUT2D eigenvalue weighted by molar-refractivity contribution is 0.211. The maximum atomic E-state index is 14.5. The van der Waals surface area contributed by atoms with Gasteiger partial charge in [-0.15, -0.1) is 0 Å². The SMILES string of the molecule is COc1ccc(N2CCN(c3ccc(-n4cnn([C@H](C)[C@@]5(c6ccc(F)cc6F)CO5)c4=O)cc3)CC2)cc1. The first kappa shape index (κ1) is 25.1. The molecule has 202 valence electrons. The molecule has 3 aromatic carbocycles. The molecule has 2 fully saturated rings. The second-order valence-corrected chi connectivity index (χ2v) is 9.89. The van der Waals surface area contributed by atoms with Gasteiger partial charge in [-0.1, -0.05) is 6.07 Å². The molecule has 0 bridgehead atoms. The summed E-state index contributed by atoms with van der Waals surface area (Å²) in [6.45, 7) is 5.53. The Hall–Kier alpha value is -4.18. The van der Waals surface area contributed by atoms with Crippen LogP contribution in [0, 0.1) is 11.6 Å². The van der Waals surface area contributed by atoms with Crippen LogP contribution in [-0.4, -0.2) is 54.2 Å². The van der Waals surface area contributed by atoms with E-state index in [4.69, 9.17) is 9.47 Å². The Morgan fingerprint density at radius 3 is 2.00 bits per heavy atom. The first-order chi connectivity index (χ1) is 18.9. The second-order valence-electron chi connectivity index (χ2n) is 9.89. The van der Waals surface area contributed by atoms with Crippen molar-refractivity contribution < 1.29 is 18.3 Å². The minimum Gasteiger partial charge on any atom is -0.497 e. The van der Waals surface area contributed by atoms with E-state index in [9.17, 15) is 13.6 Å². The number of aromatic nitrogens is 3. The molecule has 0 spiro atoms. The van der Waals surface area contributed by atoms with Crippen LogP contribution in [0.5, 0.6) is 5.75 Å². The number of halogens is 2. The Labute approximate surface area is 224 Å². The third-order valence-electron chi connectivity index (χ3n) is 7.79. The molecule has 0 aliphatic carbocycles. The molecule has 0 radical (unpaired) electrons. The monoisotopic (exact) mass is 533 g/mol. The van der Waals surface area contributed by atoms with Crippen LogP contribution in [0.15, 0.2) is 77.9 Å². The predicted molar refractivity (Wildman–Crippen MR) is 144 cm³/mol. The molecular weight excluding hydrogens is 504 g/mol. The number of benzene rings is 3. The number of methoxy groups -OCH3 is 1. The van der Waals surface area contributed by atoms with Gasteiger partial charge in [-0.05, 0) is 61.5 Å². The Balaban J connectivity index is 1.15. The summed E-state index contributed by atoms with van der Waals surface area (Å²) in [6, 6.07) is 18.7. The van der Waals surface area contributed by atoms with Crippen LogP contribution >= 0.6 is 0 Å². The molecule has 39 heavy (non-hydrogen) atoms. The molecule has 3 heterocycles. The fourth-order valence-electron chi connectivity index (χ4n) is 5.33. The van der Waals surface area contributed by atoms with Crippen molar-refractivity contribution in [3.63, 3.8) is 0 Å². The molecule has 1 aromatic heterocycles. The van der Waals surface area contributed by atoms with Crippen LogP contribution in [0.4, 0.5) is 20.2 Å². The van der Waals surface area contributed by atoms with Crippen molar-refractivity contribution in [1.82, 2.24) is 14.3 Å². The molecule has 2 aliphatic rings. The van der Waals surface area contributed by atoms with E-state index in [1.54, 1.807) is 14.0 Å². The molecule has 0 unspecified atom stereocenters. The van der Waals surface area contributed by atoms with Crippen molar-refractivity contribution in [3.05, 3.63) is 101 Å². The van der Waals surface area contributed by atoms with Crippen LogP contribution < -0.4 is 20.2 Å². The lowest BCUT2D eigenvalue weighted by Crippen LogP contribution is -2.46. The van der Waals surface area contributed by atoms with E-state index in [0.29, 0.717) is 5.69 Å². The van der Waals surface area contributed by atoms with E-state index >= 15 is 0 Å². The zero-order chi connectivity index (χ0) is 27.1. The summed E-state index contributed by atoms with van der Waals surface area (Å²) in [5.74, 6) is -0.519. The summed E-state index contributed by atoms with van der Waals surface area (Å²) in [7, 11) is 1.67. The molecule has 2 aliphatic heterocycles. The topological polar surface area (TPSA) is 68.1 Å². The summed E-state index contributed by atoms with van der Waals surface area (Å²) in [5.41, 5.74) is 1.74. The van der Waals surface area contributed by atoms with E-state index in [1.165, 1.54) is 33.4 Å². The van der Waals surface area contributed by atoms with Gasteiger partial charge in [-0.3, -0.25) is 0 Å². The second kappa shape index (κ2) is 9.85. The number of nitrogens with zero attached hydrogens (tertiary/aromatic N) is 5. The number of piperazine rings is 1. The Morgan fingerprint density at radius 1 is 0.897 bits per heavy atom. The van der Waals surface area contributed by atoms with Gasteiger partial charge in [0.1, 0.15) is 29.3 Å². The molecule has 0 N–H and O–H groups in total. The number of anilines is 2. The average Bonchev–Trinajstić information content (AvgIpc) is 3.68. The summed E-state index contributed by atoms with van der Waals surface area (Å²) >= 11 is 0. The van der Waals surface area contributed by atoms with Gasteiger partial charge < -0.3 is 19.3 Å². The smallest absolute Gasteiger partial charge is 0.350 e. The lowest BCUT2D eigenvalue weighted by Gasteiger charge is -2.37. The van der Waals surface area contributed by atoms with E-state index in [-0.39, 0.29) is 17.9 Å². The van der Waals surface area contributed by atoms with Crippen molar-refractivity contribution >= 4 is 11.4 Å². The minimum atomic E-state index is -1.06. The normalized spacial score (nSPS) is 19.7. The van der Waals surface area contributed by atoms with Gasteiger partial charge in [0.05, 0.1) is 25.4 Å². The maximum absolute atomic E-state index is 14.5.